The highest BCUT2D eigenvalue weighted by Gasteiger charge is 2.09. The van der Waals surface area contributed by atoms with Crippen LogP contribution in [0.1, 0.15) is 5.69 Å². The fourth-order valence-electron chi connectivity index (χ4n) is 0.934. The molecule has 1 nitrogen and oxygen atoms in total. The van der Waals surface area contributed by atoms with Crippen LogP contribution in [-0.4, -0.2) is 4.98 Å². The molecule has 0 aliphatic carbocycles. The molecule has 0 radical (unpaired) electrons. The number of hydrogen-bond donors (Lipinski definition) is 0. The molecule has 0 fully saturated rings. The molecule has 0 aliphatic rings. The Morgan fingerprint density at radius 1 is 1.43 bits per heavy atom. The molecule has 14 heavy (non-hydrogen) atoms. The fraction of sp³-hybridized carbons (Fsp3) is 0.125. The van der Waals surface area contributed by atoms with Crippen LogP contribution in [0, 0.1) is 0 Å². The highest BCUT2D eigenvalue weighted by atomic mass is 79.9. The van der Waals surface area contributed by atoms with E-state index in [4.69, 9.17) is 11.6 Å². The molecule has 74 valence electrons. The first kappa shape index (κ1) is 11.1. The summed E-state index contributed by atoms with van der Waals surface area (Å²) in [6, 6.07) is 2.06. The Bertz CT molecular complexity index is 432. The molecule has 0 aromatic carbocycles. The van der Waals surface area contributed by atoms with Crippen LogP contribution in [0.5, 0.6) is 0 Å². The maximum absolute atomic E-state index is 5.69. The summed E-state index contributed by atoms with van der Waals surface area (Å²) < 4.78 is 2.16. The third kappa shape index (κ3) is 2.22. The van der Waals surface area contributed by atoms with E-state index in [0.717, 1.165) is 23.8 Å². The first-order chi connectivity index (χ1) is 6.70. The molecule has 0 amide bonds. The van der Waals surface area contributed by atoms with Crippen LogP contribution in [-0.2, 0) is 5.88 Å². The Hall–Kier alpha value is 0.580. The van der Waals surface area contributed by atoms with Gasteiger partial charge in [-0.15, -0.1) is 34.3 Å². The van der Waals surface area contributed by atoms with Crippen molar-refractivity contribution in [1.29, 1.82) is 0 Å². The van der Waals surface area contributed by atoms with Crippen molar-refractivity contribution < 1.29 is 0 Å². The molecule has 6 heteroatoms. The van der Waals surface area contributed by atoms with Crippen molar-refractivity contribution in [2.75, 3.05) is 0 Å². The van der Waals surface area contributed by atoms with Gasteiger partial charge in [0.25, 0.3) is 0 Å². The van der Waals surface area contributed by atoms with Gasteiger partial charge in [0.1, 0.15) is 5.01 Å². The zero-order valence-corrected chi connectivity index (χ0v) is 12.3. The first-order valence-corrected chi connectivity index (χ1v) is 7.48. The van der Waals surface area contributed by atoms with E-state index in [9.17, 15) is 0 Å². The molecular weight excluding hydrogens is 369 g/mol. The van der Waals surface area contributed by atoms with Crippen molar-refractivity contribution in [2.45, 2.75) is 5.88 Å². The Morgan fingerprint density at radius 2 is 2.21 bits per heavy atom. The van der Waals surface area contributed by atoms with Gasteiger partial charge in [-0.1, -0.05) is 0 Å². The largest absolute Gasteiger partial charge is 0.239 e. The second-order valence-corrected chi connectivity index (χ2v) is 6.86. The minimum absolute atomic E-state index is 0.476. The molecule has 2 aromatic rings. The van der Waals surface area contributed by atoms with Crippen LogP contribution in [0.2, 0.25) is 0 Å². The molecule has 0 atom stereocenters. The summed E-state index contributed by atoms with van der Waals surface area (Å²) in [5.74, 6) is 0.476. The molecular formula is C8H4Br2ClNS2. The molecule has 2 rings (SSSR count). The number of alkyl halides is 1. The topological polar surface area (TPSA) is 12.9 Å². The summed E-state index contributed by atoms with van der Waals surface area (Å²) in [6.07, 6.45) is 0. The third-order valence-electron chi connectivity index (χ3n) is 1.54. The lowest BCUT2D eigenvalue weighted by molar-refractivity contribution is 1.23. The fourth-order valence-corrected chi connectivity index (χ4v) is 4.08. The first-order valence-electron chi connectivity index (χ1n) is 3.66. The van der Waals surface area contributed by atoms with Gasteiger partial charge in [-0.2, -0.15) is 0 Å². The lowest BCUT2D eigenvalue weighted by atomic mass is 10.5. The van der Waals surface area contributed by atoms with E-state index in [0.29, 0.717) is 5.88 Å². The summed E-state index contributed by atoms with van der Waals surface area (Å²) >= 11 is 15.9. The summed E-state index contributed by atoms with van der Waals surface area (Å²) in [4.78, 5) is 5.57. The number of nitrogens with zero attached hydrogens (tertiary/aromatic N) is 1. The molecule has 2 aromatic heterocycles. The second kappa shape index (κ2) is 4.61. The third-order valence-corrected chi connectivity index (χ3v) is 6.13. The van der Waals surface area contributed by atoms with E-state index in [1.54, 1.807) is 22.7 Å². The molecule has 0 bridgehead atoms. The number of halogens is 3. The van der Waals surface area contributed by atoms with Crippen LogP contribution < -0.4 is 0 Å². The Balaban J connectivity index is 2.39. The van der Waals surface area contributed by atoms with Gasteiger partial charge in [-0.25, -0.2) is 4.98 Å². The standard InChI is InChI=1S/C8H4Br2ClNS2/c9-5-1-6(14-7(5)10)8-12-4(2-11)3-13-8/h1,3H,2H2. The van der Waals surface area contributed by atoms with Crippen molar-refractivity contribution in [1.82, 2.24) is 4.98 Å². The van der Waals surface area contributed by atoms with E-state index in [2.05, 4.69) is 42.9 Å². The van der Waals surface area contributed by atoms with Crippen molar-refractivity contribution in [3.8, 4) is 9.88 Å². The quantitative estimate of drug-likeness (QED) is 0.665. The number of aromatic nitrogens is 1. The minimum atomic E-state index is 0.476. The molecule has 0 saturated carbocycles. The Kier molecular flexibility index (Phi) is 3.65. The summed E-state index contributed by atoms with van der Waals surface area (Å²) in [5.41, 5.74) is 0.937. The molecule has 0 N–H and O–H groups in total. The Morgan fingerprint density at radius 3 is 2.71 bits per heavy atom. The number of hydrogen-bond acceptors (Lipinski definition) is 3. The minimum Gasteiger partial charge on any atom is -0.239 e. The smallest absolute Gasteiger partial charge is 0.133 e. The van der Waals surface area contributed by atoms with Crippen LogP contribution in [0.4, 0.5) is 0 Å². The number of rotatable bonds is 2. The van der Waals surface area contributed by atoms with Crippen LogP contribution in [0.3, 0.4) is 0 Å². The van der Waals surface area contributed by atoms with E-state index in [-0.39, 0.29) is 0 Å². The molecule has 0 spiro atoms. The lowest BCUT2D eigenvalue weighted by Gasteiger charge is -1.86. The normalized spacial score (nSPS) is 10.8. The second-order valence-electron chi connectivity index (χ2n) is 2.51. The molecule has 0 aliphatic heterocycles. The van der Waals surface area contributed by atoms with Crippen LogP contribution in [0.15, 0.2) is 19.7 Å². The monoisotopic (exact) mass is 371 g/mol. The predicted molar refractivity (Wildman–Crippen MR) is 70.4 cm³/mol. The van der Waals surface area contributed by atoms with E-state index in [1.165, 1.54) is 0 Å². The van der Waals surface area contributed by atoms with Gasteiger partial charge >= 0.3 is 0 Å². The van der Waals surface area contributed by atoms with Crippen molar-refractivity contribution in [3.63, 3.8) is 0 Å². The van der Waals surface area contributed by atoms with Crippen molar-refractivity contribution >= 4 is 66.1 Å². The van der Waals surface area contributed by atoms with Crippen LogP contribution >= 0.6 is 66.1 Å². The molecule has 2 heterocycles. The molecule has 0 saturated heterocycles. The van der Waals surface area contributed by atoms with E-state index < -0.39 is 0 Å². The molecule has 0 unspecified atom stereocenters. The highest BCUT2D eigenvalue weighted by Crippen LogP contribution is 2.39. The van der Waals surface area contributed by atoms with Gasteiger partial charge in [0.2, 0.25) is 0 Å². The predicted octanol–water partition coefficient (Wildman–Crippen LogP) is 5.14. The SMILES string of the molecule is ClCc1csc(-c2cc(Br)c(Br)s2)n1. The van der Waals surface area contributed by atoms with Gasteiger partial charge in [-0.05, 0) is 37.9 Å². The van der Waals surface area contributed by atoms with E-state index >= 15 is 0 Å². The van der Waals surface area contributed by atoms with Gasteiger partial charge < -0.3 is 0 Å². The van der Waals surface area contributed by atoms with Gasteiger partial charge in [0.05, 0.1) is 20.2 Å². The maximum Gasteiger partial charge on any atom is 0.133 e. The summed E-state index contributed by atoms with van der Waals surface area (Å²) in [5, 5.41) is 3.01. The average molecular weight is 374 g/mol. The maximum atomic E-state index is 5.69. The zero-order valence-electron chi connectivity index (χ0n) is 6.76. The summed E-state index contributed by atoms with van der Waals surface area (Å²) in [6.45, 7) is 0. The van der Waals surface area contributed by atoms with Gasteiger partial charge in [0, 0.05) is 9.85 Å². The lowest BCUT2D eigenvalue weighted by Crippen LogP contribution is -1.75. The Labute approximate surface area is 111 Å². The van der Waals surface area contributed by atoms with Gasteiger partial charge in [-0.3, -0.25) is 0 Å². The summed E-state index contributed by atoms with van der Waals surface area (Å²) in [7, 11) is 0. The highest BCUT2D eigenvalue weighted by molar-refractivity contribution is 9.13. The van der Waals surface area contributed by atoms with Crippen LogP contribution in [0.25, 0.3) is 9.88 Å². The van der Waals surface area contributed by atoms with Gasteiger partial charge in [0.15, 0.2) is 0 Å². The van der Waals surface area contributed by atoms with Crippen molar-refractivity contribution in [2.24, 2.45) is 0 Å². The number of thiophene rings is 1. The van der Waals surface area contributed by atoms with Crippen molar-refractivity contribution in [3.05, 3.63) is 25.4 Å². The number of thiazole rings is 1. The average Bonchev–Trinajstić information content (AvgIpc) is 2.74. The van der Waals surface area contributed by atoms with E-state index in [1.807, 2.05) is 5.38 Å². The zero-order chi connectivity index (χ0) is 10.1.